The maximum atomic E-state index is 11.9. The fraction of sp³-hybridized carbons (Fsp3) is 0.304. The molecule has 0 fully saturated rings. The van der Waals surface area contributed by atoms with Gasteiger partial charge in [-0.25, -0.2) is 4.79 Å². The van der Waals surface area contributed by atoms with E-state index in [4.69, 9.17) is 4.74 Å². The zero-order valence-electron chi connectivity index (χ0n) is 17.2. The number of rotatable bonds is 6. The summed E-state index contributed by atoms with van der Waals surface area (Å²) in [7, 11) is 0. The number of aromatic nitrogens is 1. The monoisotopic (exact) mass is 390 g/mol. The standard InChI is InChI=1S/C23H26N4O2/c1-5-27-21-12-11-18(29-6-2)13-19(21)20(14-24)22(27)16-7-9-17(10-8-16)26-23(28)25-15(3)4/h7-13,15H,5-6H2,1-4H3,(H2,25,26,28). The first-order valence-corrected chi connectivity index (χ1v) is 9.85. The smallest absolute Gasteiger partial charge is 0.319 e. The third kappa shape index (κ3) is 4.19. The second kappa shape index (κ2) is 8.70. The molecule has 1 aromatic heterocycles. The maximum Gasteiger partial charge on any atom is 0.319 e. The van der Waals surface area contributed by atoms with Crippen LogP contribution < -0.4 is 15.4 Å². The van der Waals surface area contributed by atoms with Gasteiger partial charge in [-0.1, -0.05) is 12.1 Å². The fourth-order valence-corrected chi connectivity index (χ4v) is 3.47. The summed E-state index contributed by atoms with van der Waals surface area (Å²) >= 11 is 0. The minimum Gasteiger partial charge on any atom is -0.494 e. The molecule has 0 unspecified atom stereocenters. The van der Waals surface area contributed by atoms with Gasteiger partial charge in [0.15, 0.2) is 0 Å². The van der Waals surface area contributed by atoms with Gasteiger partial charge in [-0.15, -0.1) is 0 Å². The summed E-state index contributed by atoms with van der Waals surface area (Å²) < 4.78 is 7.75. The van der Waals surface area contributed by atoms with Crippen molar-refractivity contribution < 1.29 is 9.53 Å². The number of anilines is 1. The van der Waals surface area contributed by atoms with Crippen LogP contribution in [-0.4, -0.2) is 23.2 Å². The van der Waals surface area contributed by atoms with Gasteiger partial charge in [0.2, 0.25) is 0 Å². The van der Waals surface area contributed by atoms with Crippen LogP contribution in [0.3, 0.4) is 0 Å². The van der Waals surface area contributed by atoms with E-state index in [0.717, 1.165) is 34.5 Å². The molecule has 0 saturated carbocycles. The van der Waals surface area contributed by atoms with Gasteiger partial charge in [0.1, 0.15) is 11.8 Å². The number of urea groups is 1. The van der Waals surface area contributed by atoms with E-state index in [9.17, 15) is 10.1 Å². The van der Waals surface area contributed by atoms with Crippen molar-refractivity contribution in [3.05, 3.63) is 48.0 Å². The first-order valence-electron chi connectivity index (χ1n) is 9.85. The van der Waals surface area contributed by atoms with Crippen molar-refractivity contribution >= 4 is 22.6 Å². The fourth-order valence-electron chi connectivity index (χ4n) is 3.47. The van der Waals surface area contributed by atoms with Gasteiger partial charge in [0.05, 0.1) is 23.4 Å². The molecule has 0 radical (unpaired) electrons. The highest BCUT2D eigenvalue weighted by Crippen LogP contribution is 2.35. The Labute approximate surface area is 171 Å². The molecule has 1 heterocycles. The quantitative estimate of drug-likeness (QED) is 0.612. The lowest BCUT2D eigenvalue weighted by atomic mass is 10.1. The summed E-state index contributed by atoms with van der Waals surface area (Å²) in [6, 6.07) is 15.6. The normalized spacial score (nSPS) is 10.8. The Hall–Kier alpha value is -3.46. The zero-order valence-corrected chi connectivity index (χ0v) is 17.2. The third-order valence-corrected chi connectivity index (χ3v) is 4.61. The van der Waals surface area contributed by atoms with Gasteiger partial charge in [-0.05, 0) is 63.6 Å². The molecule has 0 aliphatic heterocycles. The average molecular weight is 390 g/mol. The molecule has 3 aromatic rings. The molecule has 3 rings (SSSR count). The Kier molecular flexibility index (Phi) is 6.08. The molecule has 0 spiro atoms. The van der Waals surface area contributed by atoms with Gasteiger partial charge in [0, 0.05) is 23.7 Å². The molecule has 2 aromatic carbocycles. The third-order valence-electron chi connectivity index (χ3n) is 4.61. The average Bonchev–Trinajstić information content (AvgIpc) is 3.01. The van der Waals surface area contributed by atoms with Gasteiger partial charge in [-0.3, -0.25) is 0 Å². The van der Waals surface area contributed by atoms with Crippen LogP contribution in [0.2, 0.25) is 0 Å². The number of carbonyl (C=O) groups is 1. The molecule has 6 heteroatoms. The lowest BCUT2D eigenvalue weighted by molar-refractivity contribution is 0.250. The summed E-state index contributed by atoms with van der Waals surface area (Å²) in [6.07, 6.45) is 0. The second-order valence-electron chi connectivity index (χ2n) is 7.02. The van der Waals surface area contributed by atoms with Crippen molar-refractivity contribution in [3.8, 4) is 23.1 Å². The van der Waals surface area contributed by atoms with Crippen LogP contribution in [0.15, 0.2) is 42.5 Å². The Morgan fingerprint density at radius 3 is 2.48 bits per heavy atom. The lowest BCUT2D eigenvalue weighted by Gasteiger charge is -2.12. The SMILES string of the molecule is CCOc1ccc2c(c1)c(C#N)c(-c1ccc(NC(=O)NC(C)C)cc1)n2CC. The highest BCUT2D eigenvalue weighted by molar-refractivity contribution is 5.96. The van der Waals surface area contributed by atoms with Gasteiger partial charge in [0.25, 0.3) is 0 Å². The van der Waals surface area contributed by atoms with Gasteiger partial charge < -0.3 is 19.9 Å². The Morgan fingerprint density at radius 2 is 1.90 bits per heavy atom. The molecule has 0 atom stereocenters. The number of hydrogen-bond acceptors (Lipinski definition) is 3. The van der Waals surface area contributed by atoms with Crippen LogP contribution in [0.5, 0.6) is 5.75 Å². The molecule has 2 N–H and O–H groups in total. The molecule has 0 bridgehead atoms. The number of amides is 2. The lowest BCUT2D eigenvalue weighted by Crippen LogP contribution is -2.34. The summed E-state index contributed by atoms with van der Waals surface area (Å²) in [5.41, 5.74) is 4.12. The Balaban J connectivity index is 2.02. The van der Waals surface area contributed by atoms with Crippen LogP contribution in [0.25, 0.3) is 22.2 Å². The van der Waals surface area contributed by atoms with Crippen LogP contribution in [0, 0.1) is 11.3 Å². The van der Waals surface area contributed by atoms with E-state index < -0.39 is 0 Å². The first kappa shape index (κ1) is 20.3. The van der Waals surface area contributed by atoms with E-state index >= 15 is 0 Å². The molecular formula is C23H26N4O2. The molecule has 0 saturated heterocycles. The molecule has 6 nitrogen and oxygen atoms in total. The number of hydrogen-bond donors (Lipinski definition) is 2. The summed E-state index contributed by atoms with van der Waals surface area (Å²) in [4.78, 5) is 11.9. The molecule has 150 valence electrons. The van der Waals surface area contributed by atoms with Crippen LogP contribution >= 0.6 is 0 Å². The van der Waals surface area contributed by atoms with Crippen molar-refractivity contribution in [2.24, 2.45) is 0 Å². The first-order chi connectivity index (χ1) is 14.0. The number of benzene rings is 2. The summed E-state index contributed by atoms with van der Waals surface area (Å²) in [6.45, 7) is 9.13. The van der Waals surface area contributed by atoms with E-state index in [2.05, 4.69) is 28.2 Å². The molecule has 0 aliphatic rings. The summed E-state index contributed by atoms with van der Waals surface area (Å²) in [5.74, 6) is 0.756. The van der Waals surface area contributed by atoms with Crippen molar-refractivity contribution in [1.29, 1.82) is 5.26 Å². The van der Waals surface area contributed by atoms with Crippen LogP contribution in [-0.2, 0) is 6.54 Å². The van der Waals surface area contributed by atoms with Crippen molar-refractivity contribution in [2.75, 3.05) is 11.9 Å². The number of nitrogens with zero attached hydrogens (tertiary/aromatic N) is 2. The number of nitrogens with one attached hydrogen (secondary N) is 2. The van der Waals surface area contributed by atoms with E-state index in [1.165, 1.54) is 0 Å². The molecule has 0 aliphatic carbocycles. The number of aryl methyl sites for hydroxylation is 1. The Morgan fingerprint density at radius 1 is 1.17 bits per heavy atom. The van der Waals surface area contributed by atoms with Gasteiger partial charge in [-0.2, -0.15) is 5.26 Å². The van der Waals surface area contributed by atoms with Crippen molar-refractivity contribution in [2.45, 2.75) is 40.3 Å². The largest absolute Gasteiger partial charge is 0.494 e. The van der Waals surface area contributed by atoms with Crippen molar-refractivity contribution in [3.63, 3.8) is 0 Å². The van der Waals surface area contributed by atoms with Gasteiger partial charge >= 0.3 is 6.03 Å². The second-order valence-corrected chi connectivity index (χ2v) is 7.02. The molecule has 29 heavy (non-hydrogen) atoms. The van der Waals surface area contributed by atoms with E-state index in [0.29, 0.717) is 17.9 Å². The van der Waals surface area contributed by atoms with E-state index in [-0.39, 0.29) is 12.1 Å². The van der Waals surface area contributed by atoms with Crippen LogP contribution in [0.4, 0.5) is 10.5 Å². The molecule has 2 amide bonds. The zero-order chi connectivity index (χ0) is 21.0. The number of nitriles is 1. The highest BCUT2D eigenvalue weighted by atomic mass is 16.5. The number of ether oxygens (including phenoxy) is 1. The van der Waals surface area contributed by atoms with Crippen LogP contribution in [0.1, 0.15) is 33.3 Å². The number of carbonyl (C=O) groups excluding carboxylic acids is 1. The minimum absolute atomic E-state index is 0.0642. The Bertz CT molecular complexity index is 1060. The molecular weight excluding hydrogens is 364 g/mol. The predicted molar refractivity (Wildman–Crippen MR) is 116 cm³/mol. The highest BCUT2D eigenvalue weighted by Gasteiger charge is 2.18. The van der Waals surface area contributed by atoms with E-state index in [1.807, 2.05) is 63.2 Å². The number of fused-ring (bicyclic) bond motifs is 1. The predicted octanol–water partition coefficient (Wildman–Crippen LogP) is 5.13. The maximum absolute atomic E-state index is 11.9. The van der Waals surface area contributed by atoms with E-state index in [1.54, 1.807) is 0 Å². The topological polar surface area (TPSA) is 79.1 Å². The summed E-state index contributed by atoms with van der Waals surface area (Å²) in [5, 5.41) is 16.4. The minimum atomic E-state index is -0.239. The van der Waals surface area contributed by atoms with Crippen molar-refractivity contribution in [1.82, 2.24) is 9.88 Å².